The summed E-state index contributed by atoms with van der Waals surface area (Å²) in [5, 5.41) is 0. The van der Waals surface area contributed by atoms with Gasteiger partial charge in [-0.25, -0.2) is 4.98 Å². The van der Waals surface area contributed by atoms with Gasteiger partial charge in [-0.3, -0.25) is 9.59 Å². The molecule has 1 amide bonds. The first kappa shape index (κ1) is 19.6. The van der Waals surface area contributed by atoms with Crippen molar-refractivity contribution in [1.29, 1.82) is 0 Å². The second kappa shape index (κ2) is 8.76. The third-order valence-corrected chi connectivity index (χ3v) is 7.00. The maximum atomic E-state index is 13.2. The predicted molar refractivity (Wildman–Crippen MR) is 109 cm³/mol. The molecule has 2 saturated heterocycles. The van der Waals surface area contributed by atoms with Crippen LogP contribution in [-0.4, -0.2) is 57.9 Å². The number of amides is 1. The summed E-state index contributed by atoms with van der Waals surface area (Å²) < 4.78 is 0. The Balaban J connectivity index is 1.34. The highest BCUT2D eigenvalue weighted by molar-refractivity contribution is 5.79. The molecule has 3 fully saturated rings. The van der Waals surface area contributed by atoms with Crippen LogP contribution < -0.4 is 5.56 Å². The first-order valence-corrected chi connectivity index (χ1v) is 11.2. The lowest BCUT2D eigenvalue weighted by Crippen LogP contribution is -2.48. The molecule has 1 N–H and O–H groups in total. The molecular weight excluding hydrogens is 352 g/mol. The molecule has 6 nitrogen and oxygen atoms in total. The number of nitrogens with zero attached hydrogens (tertiary/aromatic N) is 3. The van der Waals surface area contributed by atoms with Gasteiger partial charge in [-0.1, -0.05) is 19.3 Å². The number of aromatic nitrogens is 2. The largest absolute Gasteiger partial charge is 0.342 e. The highest BCUT2D eigenvalue weighted by Gasteiger charge is 2.34. The van der Waals surface area contributed by atoms with E-state index in [2.05, 4.69) is 14.9 Å². The topological polar surface area (TPSA) is 69.3 Å². The molecule has 3 aliphatic rings. The van der Waals surface area contributed by atoms with Gasteiger partial charge in [0.15, 0.2) is 0 Å². The minimum Gasteiger partial charge on any atom is -0.342 e. The Morgan fingerprint density at radius 3 is 2.50 bits per heavy atom. The van der Waals surface area contributed by atoms with Gasteiger partial charge in [-0.05, 0) is 58.5 Å². The van der Waals surface area contributed by atoms with E-state index in [1.165, 1.54) is 32.1 Å². The summed E-state index contributed by atoms with van der Waals surface area (Å²) in [6.07, 6.45) is 10.8. The van der Waals surface area contributed by atoms with Crippen LogP contribution in [0, 0.1) is 12.8 Å². The molecule has 6 heteroatoms. The highest BCUT2D eigenvalue weighted by atomic mass is 16.2. The lowest BCUT2D eigenvalue weighted by Gasteiger charge is -2.41. The summed E-state index contributed by atoms with van der Waals surface area (Å²) in [5.41, 5.74) is 0.743. The van der Waals surface area contributed by atoms with E-state index < -0.39 is 0 Å². The molecule has 3 heterocycles. The van der Waals surface area contributed by atoms with Gasteiger partial charge in [-0.2, -0.15) is 0 Å². The Bertz CT molecular complexity index is 732. The highest BCUT2D eigenvalue weighted by Crippen LogP contribution is 2.30. The van der Waals surface area contributed by atoms with E-state index >= 15 is 0 Å². The number of piperidine rings is 2. The summed E-state index contributed by atoms with van der Waals surface area (Å²) >= 11 is 0. The Hall–Kier alpha value is -1.69. The van der Waals surface area contributed by atoms with Crippen LogP contribution in [0.4, 0.5) is 0 Å². The van der Waals surface area contributed by atoms with Crippen LogP contribution in [0.2, 0.25) is 0 Å². The number of rotatable bonds is 3. The molecule has 4 rings (SSSR count). The molecule has 0 radical (unpaired) electrons. The number of H-pyrrole nitrogens is 1. The van der Waals surface area contributed by atoms with Crippen molar-refractivity contribution in [2.75, 3.05) is 26.2 Å². The fourth-order valence-corrected chi connectivity index (χ4v) is 5.45. The van der Waals surface area contributed by atoms with Crippen molar-refractivity contribution in [2.45, 2.75) is 76.7 Å². The Morgan fingerprint density at radius 1 is 1.04 bits per heavy atom. The third kappa shape index (κ3) is 4.48. The van der Waals surface area contributed by atoms with Crippen molar-refractivity contribution in [3.8, 4) is 0 Å². The van der Waals surface area contributed by atoms with Crippen LogP contribution in [0.25, 0.3) is 0 Å². The Morgan fingerprint density at radius 2 is 1.79 bits per heavy atom. The van der Waals surface area contributed by atoms with Crippen molar-refractivity contribution in [2.24, 2.45) is 5.92 Å². The normalized spacial score (nSPS) is 25.8. The minimum absolute atomic E-state index is 0.0963. The number of aromatic amines is 1. The molecule has 2 aliphatic heterocycles. The number of aryl methyl sites for hydroxylation is 1. The first-order chi connectivity index (χ1) is 13.6. The third-order valence-electron chi connectivity index (χ3n) is 7.00. The van der Waals surface area contributed by atoms with Crippen LogP contribution in [-0.2, 0) is 4.79 Å². The zero-order valence-electron chi connectivity index (χ0n) is 17.2. The summed E-state index contributed by atoms with van der Waals surface area (Å²) in [7, 11) is 0. The van der Waals surface area contributed by atoms with E-state index in [1.54, 1.807) is 6.07 Å². The van der Waals surface area contributed by atoms with Crippen LogP contribution in [0.1, 0.15) is 75.2 Å². The minimum atomic E-state index is -0.0963. The molecule has 1 aromatic heterocycles. The summed E-state index contributed by atoms with van der Waals surface area (Å²) in [4.78, 5) is 36.9. The zero-order chi connectivity index (χ0) is 19.5. The average Bonchev–Trinajstić information content (AvgIpc) is 2.73. The molecule has 154 valence electrons. The van der Waals surface area contributed by atoms with E-state index in [9.17, 15) is 9.59 Å². The van der Waals surface area contributed by atoms with Gasteiger partial charge in [-0.15, -0.1) is 0 Å². The van der Waals surface area contributed by atoms with E-state index in [0.29, 0.717) is 18.3 Å². The summed E-state index contributed by atoms with van der Waals surface area (Å²) in [5.74, 6) is 1.34. The van der Waals surface area contributed by atoms with Crippen LogP contribution in [0.5, 0.6) is 0 Å². The summed E-state index contributed by atoms with van der Waals surface area (Å²) in [6, 6.07) is 2.36. The number of carbonyl (C=O) groups excluding carboxylic acids is 1. The number of hydrogen-bond donors (Lipinski definition) is 1. The zero-order valence-corrected chi connectivity index (χ0v) is 17.2. The summed E-state index contributed by atoms with van der Waals surface area (Å²) in [6.45, 7) is 5.52. The second-order valence-electron chi connectivity index (χ2n) is 8.98. The molecule has 1 unspecified atom stereocenters. The molecule has 0 bridgehead atoms. The van der Waals surface area contributed by atoms with Crippen LogP contribution >= 0.6 is 0 Å². The molecule has 1 aromatic rings. The Labute approximate surface area is 167 Å². The van der Waals surface area contributed by atoms with Crippen LogP contribution in [0.3, 0.4) is 0 Å². The average molecular weight is 387 g/mol. The number of likely N-dealkylation sites (tertiary alicyclic amines) is 2. The molecular formula is C22H34N4O2. The molecule has 28 heavy (non-hydrogen) atoms. The predicted octanol–water partition coefficient (Wildman–Crippen LogP) is 2.83. The van der Waals surface area contributed by atoms with E-state index in [-0.39, 0.29) is 17.4 Å². The standard InChI is InChI=1S/C22H34N4O2/c1-16-23-20(14-21(27)24-16)18-6-5-11-26(15-18)22(28)17-9-12-25(13-10-17)19-7-3-2-4-8-19/h14,17-19H,2-13,15H2,1H3,(H,23,24,27). The molecule has 0 spiro atoms. The quantitative estimate of drug-likeness (QED) is 0.867. The van der Waals surface area contributed by atoms with E-state index in [0.717, 1.165) is 57.1 Å². The lowest BCUT2D eigenvalue weighted by molar-refractivity contribution is -0.138. The maximum Gasteiger partial charge on any atom is 0.251 e. The van der Waals surface area contributed by atoms with Crippen molar-refractivity contribution < 1.29 is 4.79 Å². The fraction of sp³-hybridized carbons (Fsp3) is 0.773. The molecule has 1 atom stereocenters. The van der Waals surface area contributed by atoms with Crippen molar-refractivity contribution >= 4 is 5.91 Å². The maximum absolute atomic E-state index is 13.2. The van der Waals surface area contributed by atoms with Crippen molar-refractivity contribution in [3.05, 3.63) is 27.9 Å². The van der Waals surface area contributed by atoms with Gasteiger partial charge in [0.2, 0.25) is 5.91 Å². The Kier molecular flexibility index (Phi) is 6.14. The monoisotopic (exact) mass is 386 g/mol. The van der Waals surface area contributed by atoms with Crippen molar-refractivity contribution in [3.63, 3.8) is 0 Å². The molecule has 1 aliphatic carbocycles. The van der Waals surface area contributed by atoms with Crippen molar-refractivity contribution in [1.82, 2.24) is 19.8 Å². The smallest absolute Gasteiger partial charge is 0.251 e. The number of nitrogens with one attached hydrogen (secondary N) is 1. The van der Waals surface area contributed by atoms with Gasteiger partial charge in [0, 0.05) is 37.0 Å². The van der Waals surface area contributed by atoms with E-state index in [4.69, 9.17) is 0 Å². The molecule has 0 aromatic carbocycles. The molecule has 1 saturated carbocycles. The first-order valence-electron chi connectivity index (χ1n) is 11.2. The number of carbonyl (C=O) groups is 1. The lowest BCUT2D eigenvalue weighted by atomic mass is 9.88. The van der Waals surface area contributed by atoms with Gasteiger partial charge < -0.3 is 14.8 Å². The SMILES string of the molecule is Cc1nc(C2CCCN(C(=O)C3CCN(C4CCCCC4)CC3)C2)cc(=O)[nH]1. The second-order valence-corrected chi connectivity index (χ2v) is 8.98. The van der Waals surface area contributed by atoms with E-state index in [1.807, 2.05) is 11.8 Å². The number of hydrogen-bond acceptors (Lipinski definition) is 4. The van der Waals surface area contributed by atoms with Crippen LogP contribution in [0.15, 0.2) is 10.9 Å². The van der Waals surface area contributed by atoms with Gasteiger partial charge in [0.05, 0.1) is 5.69 Å². The fourth-order valence-electron chi connectivity index (χ4n) is 5.45. The van der Waals surface area contributed by atoms with Gasteiger partial charge >= 0.3 is 0 Å². The van der Waals surface area contributed by atoms with Gasteiger partial charge in [0.25, 0.3) is 5.56 Å². The van der Waals surface area contributed by atoms with Gasteiger partial charge in [0.1, 0.15) is 5.82 Å².